The number of hydrogen-bond acceptors (Lipinski definition) is 5. The Morgan fingerprint density at radius 3 is 2.86 bits per heavy atom. The molecular formula is C15H25ClN4O. The Labute approximate surface area is 132 Å². The Morgan fingerprint density at radius 1 is 1.29 bits per heavy atom. The molecule has 1 saturated carbocycles. The largest absolute Gasteiger partial charge is 0.335 e. The molecule has 0 spiro atoms. The van der Waals surface area contributed by atoms with Crippen LogP contribution in [0.15, 0.2) is 10.6 Å². The Balaban J connectivity index is 0.00000161. The molecule has 1 aromatic heterocycles. The minimum Gasteiger partial charge on any atom is -0.335 e. The first kappa shape index (κ1) is 16.5. The van der Waals surface area contributed by atoms with Crippen LogP contribution >= 0.6 is 12.4 Å². The van der Waals surface area contributed by atoms with Gasteiger partial charge >= 0.3 is 0 Å². The maximum absolute atomic E-state index is 5.35. The highest BCUT2D eigenvalue weighted by Gasteiger charge is 2.24. The zero-order chi connectivity index (χ0) is 13.8. The smallest absolute Gasteiger partial charge is 0.250 e. The molecule has 2 heterocycles. The van der Waals surface area contributed by atoms with Gasteiger partial charge in [-0.05, 0) is 31.9 Å². The Morgan fingerprint density at radius 2 is 2.10 bits per heavy atom. The van der Waals surface area contributed by atoms with Gasteiger partial charge in [0.25, 0.3) is 0 Å². The van der Waals surface area contributed by atoms with Gasteiger partial charge in [-0.15, -0.1) is 12.4 Å². The van der Waals surface area contributed by atoms with Crippen LogP contribution in [0.2, 0.25) is 0 Å². The van der Waals surface area contributed by atoms with Gasteiger partial charge in [0.05, 0.1) is 6.04 Å². The van der Waals surface area contributed by atoms with Crippen LogP contribution in [0.3, 0.4) is 0 Å². The molecule has 2 fully saturated rings. The summed E-state index contributed by atoms with van der Waals surface area (Å²) in [5.41, 5.74) is 0. The van der Waals surface area contributed by atoms with Crippen LogP contribution in [0.1, 0.15) is 49.9 Å². The highest BCUT2D eigenvalue weighted by atomic mass is 35.5. The molecule has 1 aliphatic heterocycles. The lowest BCUT2D eigenvalue weighted by Gasteiger charge is -2.30. The van der Waals surface area contributed by atoms with Crippen molar-refractivity contribution in [3.63, 3.8) is 0 Å². The Kier molecular flexibility index (Phi) is 6.21. The molecule has 1 unspecified atom stereocenters. The van der Waals surface area contributed by atoms with Gasteiger partial charge in [-0.3, -0.25) is 4.90 Å². The number of likely N-dealkylation sites (N-methyl/N-ethyl adjacent to an activating group) is 1. The average molecular weight is 313 g/mol. The minimum atomic E-state index is 0. The van der Waals surface area contributed by atoms with Crippen LogP contribution < -0.4 is 5.32 Å². The Bertz CT molecular complexity index is 456. The third-order valence-electron chi connectivity index (χ3n) is 4.43. The number of nitrogens with zero attached hydrogens (tertiary/aromatic N) is 3. The number of nitrogens with one attached hydrogen (secondary N) is 1. The molecule has 118 valence electrons. The lowest BCUT2D eigenvalue weighted by Crippen LogP contribution is -2.44. The minimum absolute atomic E-state index is 0. The molecule has 6 heteroatoms. The molecule has 1 aromatic rings. The van der Waals surface area contributed by atoms with Crippen molar-refractivity contribution in [1.29, 1.82) is 0 Å². The van der Waals surface area contributed by atoms with E-state index < -0.39 is 0 Å². The number of piperazine rings is 1. The van der Waals surface area contributed by atoms with Gasteiger partial charge in [-0.1, -0.05) is 30.5 Å². The fourth-order valence-corrected chi connectivity index (χ4v) is 3.09. The monoisotopic (exact) mass is 312 g/mol. The van der Waals surface area contributed by atoms with Crippen molar-refractivity contribution in [2.24, 2.45) is 5.92 Å². The summed E-state index contributed by atoms with van der Waals surface area (Å²) in [7, 11) is 2.11. The van der Waals surface area contributed by atoms with Crippen molar-refractivity contribution < 1.29 is 4.52 Å². The van der Waals surface area contributed by atoms with Crippen molar-refractivity contribution in [2.75, 3.05) is 26.7 Å². The van der Waals surface area contributed by atoms with Gasteiger partial charge in [0, 0.05) is 19.6 Å². The first-order valence-electron chi connectivity index (χ1n) is 7.76. The first-order chi connectivity index (χ1) is 9.83. The summed E-state index contributed by atoms with van der Waals surface area (Å²) in [5.74, 6) is 2.13. The highest BCUT2D eigenvalue weighted by Crippen LogP contribution is 2.25. The lowest BCUT2D eigenvalue weighted by atomic mass is 9.89. The SMILES string of the molecule is CN1CCNCC1c1noc(/C=C/C2CCCCC2)n1.Cl. The van der Waals surface area contributed by atoms with Gasteiger partial charge in [0.2, 0.25) is 5.89 Å². The summed E-state index contributed by atoms with van der Waals surface area (Å²) < 4.78 is 5.35. The number of aromatic nitrogens is 2. The number of allylic oxidation sites excluding steroid dienone is 1. The summed E-state index contributed by atoms with van der Waals surface area (Å²) in [6.07, 6.45) is 10.9. The summed E-state index contributed by atoms with van der Waals surface area (Å²) in [6.45, 7) is 2.94. The number of hydrogen-bond donors (Lipinski definition) is 1. The molecule has 3 rings (SSSR count). The second kappa shape index (κ2) is 7.92. The van der Waals surface area contributed by atoms with Crippen LogP contribution in [-0.4, -0.2) is 41.7 Å². The lowest BCUT2D eigenvalue weighted by molar-refractivity contribution is 0.190. The maximum atomic E-state index is 5.35. The van der Waals surface area contributed by atoms with E-state index in [1.54, 1.807) is 0 Å². The van der Waals surface area contributed by atoms with Crippen LogP contribution in [0.4, 0.5) is 0 Å². The summed E-state index contributed by atoms with van der Waals surface area (Å²) in [4.78, 5) is 6.80. The van der Waals surface area contributed by atoms with Crippen LogP contribution in [-0.2, 0) is 0 Å². The molecule has 1 atom stereocenters. The number of halogens is 1. The fourth-order valence-electron chi connectivity index (χ4n) is 3.09. The molecule has 1 saturated heterocycles. The van der Waals surface area contributed by atoms with Gasteiger partial charge in [-0.25, -0.2) is 0 Å². The Hall–Kier alpha value is -0.910. The van der Waals surface area contributed by atoms with Crippen LogP contribution in [0.25, 0.3) is 6.08 Å². The summed E-state index contributed by atoms with van der Waals surface area (Å²) >= 11 is 0. The highest BCUT2D eigenvalue weighted by molar-refractivity contribution is 5.85. The van der Waals surface area contributed by atoms with E-state index in [1.165, 1.54) is 32.1 Å². The molecule has 21 heavy (non-hydrogen) atoms. The van der Waals surface area contributed by atoms with Gasteiger partial charge in [-0.2, -0.15) is 4.98 Å². The fraction of sp³-hybridized carbons (Fsp3) is 0.733. The van der Waals surface area contributed by atoms with Crippen molar-refractivity contribution >= 4 is 18.5 Å². The molecule has 0 aromatic carbocycles. The van der Waals surface area contributed by atoms with E-state index in [0.717, 1.165) is 25.5 Å². The van der Waals surface area contributed by atoms with Crippen LogP contribution in [0, 0.1) is 5.92 Å². The second-order valence-corrected chi connectivity index (χ2v) is 5.95. The van der Waals surface area contributed by atoms with Crippen molar-refractivity contribution in [3.05, 3.63) is 17.8 Å². The molecule has 0 bridgehead atoms. The van der Waals surface area contributed by atoms with E-state index in [0.29, 0.717) is 11.8 Å². The molecule has 0 amide bonds. The quantitative estimate of drug-likeness (QED) is 0.930. The third kappa shape index (κ3) is 4.28. The summed E-state index contributed by atoms with van der Waals surface area (Å²) in [5, 5.41) is 7.51. The van der Waals surface area contributed by atoms with Gasteiger partial charge in [0.15, 0.2) is 5.82 Å². The first-order valence-corrected chi connectivity index (χ1v) is 7.76. The molecule has 2 aliphatic rings. The van der Waals surface area contributed by atoms with Gasteiger partial charge < -0.3 is 9.84 Å². The van der Waals surface area contributed by atoms with E-state index in [2.05, 4.69) is 33.5 Å². The molecule has 1 aliphatic carbocycles. The van der Waals surface area contributed by atoms with Crippen LogP contribution in [0.5, 0.6) is 0 Å². The molecule has 0 radical (unpaired) electrons. The number of rotatable bonds is 3. The average Bonchev–Trinajstić information content (AvgIpc) is 2.95. The molecule has 1 N–H and O–H groups in total. The topological polar surface area (TPSA) is 54.2 Å². The molecule has 5 nitrogen and oxygen atoms in total. The van der Waals surface area contributed by atoms with E-state index in [-0.39, 0.29) is 18.4 Å². The normalized spacial score (nSPS) is 25.1. The second-order valence-electron chi connectivity index (χ2n) is 5.95. The zero-order valence-electron chi connectivity index (χ0n) is 12.6. The van der Waals surface area contributed by atoms with Crippen molar-refractivity contribution in [2.45, 2.75) is 38.1 Å². The standard InChI is InChI=1S/C15H24N4O.ClH/c1-19-10-9-16-11-13(19)15-17-14(20-18-15)8-7-12-5-3-2-4-6-12;/h7-8,12-13,16H,2-6,9-11H2,1H3;1H/b8-7+;. The maximum Gasteiger partial charge on any atom is 0.250 e. The van der Waals surface area contributed by atoms with Crippen molar-refractivity contribution in [1.82, 2.24) is 20.4 Å². The zero-order valence-corrected chi connectivity index (χ0v) is 13.4. The van der Waals surface area contributed by atoms with Gasteiger partial charge in [0.1, 0.15) is 0 Å². The predicted octanol–water partition coefficient (Wildman–Crippen LogP) is 2.66. The molecular weight excluding hydrogens is 288 g/mol. The van der Waals surface area contributed by atoms with E-state index >= 15 is 0 Å². The predicted molar refractivity (Wildman–Crippen MR) is 85.4 cm³/mol. The van der Waals surface area contributed by atoms with E-state index in [4.69, 9.17) is 4.52 Å². The van der Waals surface area contributed by atoms with Crippen molar-refractivity contribution in [3.8, 4) is 0 Å². The third-order valence-corrected chi connectivity index (χ3v) is 4.43. The van der Waals surface area contributed by atoms with E-state index in [9.17, 15) is 0 Å². The summed E-state index contributed by atoms with van der Waals surface area (Å²) in [6, 6.07) is 0.226. The van der Waals surface area contributed by atoms with E-state index in [1.807, 2.05) is 6.08 Å².